The Balaban J connectivity index is 1.35. The van der Waals surface area contributed by atoms with Crippen LogP contribution in [0.2, 0.25) is 5.02 Å². The third-order valence-corrected chi connectivity index (χ3v) is 18.8. The van der Waals surface area contributed by atoms with E-state index in [0.29, 0.717) is 18.4 Å². The van der Waals surface area contributed by atoms with Crippen LogP contribution in [0.3, 0.4) is 0 Å². The van der Waals surface area contributed by atoms with Crippen molar-refractivity contribution in [1.82, 2.24) is 29.9 Å². The predicted molar refractivity (Wildman–Crippen MR) is 288 cm³/mol. The van der Waals surface area contributed by atoms with Crippen molar-refractivity contribution in [3.63, 3.8) is 0 Å². The van der Waals surface area contributed by atoms with Crippen LogP contribution < -0.4 is 19.5 Å². The van der Waals surface area contributed by atoms with Gasteiger partial charge in [0.1, 0.15) is 46.6 Å². The molecule has 2 aliphatic carbocycles. The lowest BCUT2D eigenvalue weighted by Gasteiger charge is -2.31. The van der Waals surface area contributed by atoms with Crippen molar-refractivity contribution in [2.24, 2.45) is 5.92 Å². The maximum absolute atomic E-state index is 15.7. The van der Waals surface area contributed by atoms with E-state index in [1.54, 1.807) is 0 Å². The minimum atomic E-state index is -5.58. The number of rotatable bonds is 17. The van der Waals surface area contributed by atoms with Gasteiger partial charge in [0.2, 0.25) is 21.8 Å². The lowest BCUT2D eigenvalue weighted by molar-refractivity contribution is -0.143. The number of nitrogens with zero attached hydrogens (tertiary/aromatic N) is 6. The number of amides is 2. The molecule has 2 amide bonds. The van der Waals surface area contributed by atoms with Gasteiger partial charge in [-0.15, -0.1) is 0 Å². The first kappa shape index (κ1) is 65.6. The van der Waals surface area contributed by atoms with Crippen LogP contribution in [0.15, 0.2) is 54.6 Å². The number of benzene rings is 3. The molecule has 6 aromatic rings. The monoisotopic (exact) mass is 1320 g/mol. The Morgan fingerprint density at radius 1 is 0.907 bits per heavy atom. The zero-order valence-corrected chi connectivity index (χ0v) is 49.7. The molecule has 3 heterocycles. The fraction of sp³-hybridized carbons (Fsp3) is 0.392. The topological polar surface area (TPSA) is 291 Å². The van der Waals surface area contributed by atoms with E-state index in [0.717, 1.165) is 48.7 Å². The first-order valence-electron chi connectivity index (χ1n) is 24.9. The Kier molecular flexibility index (Phi) is 16.8. The number of alkyl halides is 8. The number of sulfonamides is 1. The molecule has 20 nitrogen and oxygen atoms in total. The molecule has 464 valence electrons. The molecule has 86 heavy (non-hydrogen) atoms. The molecule has 2 aliphatic rings. The minimum Gasteiger partial charge on any atom is -0.404 e. The van der Waals surface area contributed by atoms with Crippen molar-refractivity contribution in [2.75, 3.05) is 16.8 Å². The van der Waals surface area contributed by atoms with E-state index >= 15 is 8.78 Å². The van der Waals surface area contributed by atoms with Crippen LogP contribution in [0, 0.1) is 36.3 Å². The predicted octanol–water partition coefficient (Wildman–Crippen LogP) is 8.53. The molecule has 0 bridgehead atoms. The molecular formula is C51H48ClF10N7O13P2S2. The maximum atomic E-state index is 15.7. The van der Waals surface area contributed by atoms with Gasteiger partial charge in [-0.2, -0.15) is 49.6 Å². The standard InChI is InChI=1S/C51H48ClF10N7O13P2S2/c1-24-14-29(83(72,73)74)19-36(82-84(75,76)77)41(24)47(2,3)21-38(71)69(86(7,80)81)46-40-34(52)11-10-31(43(40)68(66-46)23-49(55,56)57)30-9-8-28(12-13-48(4,5)85(6,78)79)63-42(30)35(17-25-15-26(53)18-27(54)16-25)64-37(70)22-67-45-39(44(65-67)51(60,61)62)32-20-33(32)50(45,58)59/h8-11,14-16,18-19,32-33,35H,17,20-23H2,1-7H3,(H,64,70)(H2,72,73,74)(H2,75,76,77)/t32-,33+,35-/m0/s1. The first-order chi connectivity index (χ1) is 39.1. The highest BCUT2D eigenvalue weighted by atomic mass is 35.5. The van der Waals surface area contributed by atoms with Crippen molar-refractivity contribution >= 4 is 80.7 Å². The Morgan fingerprint density at radius 2 is 1.52 bits per heavy atom. The smallest absolute Gasteiger partial charge is 0.404 e. The summed E-state index contributed by atoms with van der Waals surface area (Å²) in [5.74, 6) is -8.96. The summed E-state index contributed by atoms with van der Waals surface area (Å²) in [6.45, 7) is 2.53. The number of nitrogens with one attached hydrogen (secondary N) is 1. The number of carbonyl (C=O) groups is 2. The molecule has 35 heteroatoms. The van der Waals surface area contributed by atoms with Gasteiger partial charge >= 0.3 is 27.8 Å². The number of hydrogen-bond donors (Lipinski definition) is 5. The van der Waals surface area contributed by atoms with Crippen LogP contribution in [-0.4, -0.2) is 96.2 Å². The lowest BCUT2D eigenvalue weighted by atomic mass is 9.78. The number of aryl methyl sites for hydroxylation is 1. The quantitative estimate of drug-likeness (QED) is 0.0325. The number of halogens is 11. The summed E-state index contributed by atoms with van der Waals surface area (Å²) in [5, 5.41) is 7.61. The average Bonchev–Trinajstić information content (AvgIpc) is 1.54. The molecular weight excluding hydrogens is 1270 g/mol. The highest BCUT2D eigenvalue weighted by Crippen LogP contribution is 2.68. The zero-order chi connectivity index (χ0) is 64.4. The Hall–Kier alpha value is -6.42. The number of phosphoric ester groups is 1. The molecule has 5 N–H and O–H groups in total. The van der Waals surface area contributed by atoms with Crippen molar-refractivity contribution in [2.45, 2.75) is 107 Å². The summed E-state index contributed by atoms with van der Waals surface area (Å²) >= 11 is 6.76. The molecule has 0 unspecified atom stereocenters. The van der Waals surface area contributed by atoms with Gasteiger partial charge in [-0.1, -0.05) is 37.4 Å². The maximum Gasteiger partial charge on any atom is 0.524 e. The molecule has 3 aromatic heterocycles. The molecule has 0 spiro atoms. The summed E-state index contributed by atoms with van der Waals surface area (Å²) in [5.41, 5.74) is -8.98. The van der Waals surface area contributed by atoms with E-state index in [2.05, 4.69) is 32.3 Å². The molecule has 3 aromatic carbocycles. The van der Waals surface area contributed by atoms with Crippen LogP contribution >= 0.6 is 27.0 Å². The van der Waals surface area contributed by atoms with E-state index in [-0.39, 0.29) is 42.5 Å². The van der Waals surface area contributed by atoms with Crippen LogP contribution in [0.5, 0.6) is 5.75 Å². The van der Waals surface area contributed by atoms with Crippen molar-refractivity contribution in [1.29, 1.82) is 0 Å². The number of hydrogen-bond acceptors (Lipinski definition) is 12. The van der Waals surface area contributed by atoms with Gasteiger partial charge < -0.3 is 19.6 Å². The molecule has 1 fully saturated rings. The second-order valence-corrected chi connectivity index (χ2v) is 29.3. The Bertz CT molecular complexity index is 4210. The molecule has 0 saturated heterocycles. The fourth-order valence-electron chi connectivity index (χ4n) is 10.4. The fourth-order valence-corrected chi connectivity index (χ4v) is 12.8. The lowest BCUT2D eigenvalue weighted by Crippen LogP contribution is -2.40. The highest BCUT2D eigenvalue weighted by molar-refractivity contribution is 7.93. The van der Waals surface area contributed by atoms with E-state index in [4.69, 9.17) is 16.1 Å². The van der Waals surface area contributed by atoms with Gasteiger partial charge in [-0.05, 0) is 99.0 Å². The minimum absolute atomic E-state index is 0.0470. The number of sulfone groups is 1. The van der Waals surface area contributed by atoms with Crippen molar-refractivity contribution < 1.29 is 104 Å². The average molecular weight is 1320 g/mol. The van der Waals surface area contributed by atoms with Gasteiger partial charge in [-0.3, -0.25) is 33.3 Å². The number of carbonyl (C=O) groups excluding carboxylic acids is 2. The van der Waals surface area contributed by atoms with Gasteiger partial charge in [0.05, 0.1) is 39.2 Å². The van der Waals surface area contributed by atoms with Gasteiger partial charge in [0.15, 0.2) is 21.3 Å². The van der Waals surface area contributed by atoms with Gasteiger partial charge in [0, 0.05) is 52.3 Å². The van der Waals surface area contributed by atoms with Crippen LogP contribution in [0.4, 0.5) is 49.7 Å². The van der Waals surface area contributed by atoms with E-state index in [1.165, 1.54) is 34.6 Å². The number of phosphoric acid groups is 1. The van der Waals surface area contributed by atoms with E-state index in [1.807, 2.05) is 0 Å². The van der Waals surface area contributed by atoms with Gasteiger partial charge in [0.25, 0.3) is 5.92 Å². The van der Waals surface area contributed by atoms with Crippen LogP contribution in [-0.2, 0) is 75.6 Å². The molecule has 1 saturated carbocycles. The summed E-state index contributed by atoms with van der Waals surface area (Å²) in [4.78, 5) is 73.0. The largest absolute Gasteiger partial charge is 0.524 e. The Morgan fingerprint density at radius 3 is 2.08 bits per heavy atom. The van der Waals surface area contributed by atoms with Crippen molar-refractivity contribution in [3.05, 3.63) is 116 Å². The van der Waals surface area contributed by atoms with E-state index in [9.17, 15) is 90.3 Å². The summed E-state index contributed by atoms with van der Waals surface area (Å²) in [6.07, 6.45) is -11.5. The third-order valence-electron chi connectivity index (χ3n) is 14.2. The molecule has 3 atom stereocenters. The molecule has 0 radical (unpaired) electrons. The number of fused-ring (bicyclic) bond motifs is 4. The summed E-state index contributed by atoms with van der Waals surface area (Å²) in [6, 6.07) is 5.72. The molecule has 0 aliphatic heterocycles. The third kappa shape index (κ3) is 13.5. The van der Waals surface area contributed by atoms with Crippen molar-refractivity contribution in [3.8, 4) is 28.7 Å². The highest BCUT2D eigenvalue weighted by Gasteiger charge is 2.68. The second-order valence-electron chi connectivity index (χ2n) is 21.8. The zero-order valence-electron chi connectivity index (χ0n) is 45.5. The van der Waals surface area contributed by atoms with Gasteiger partial charge in [-0.25, -0.2) is 35.2 Å². The second kappa shape index (κ2) is 22.0. The van der Waals surface area contributed by atoms with E-state index < -0.39 is 198 Å². The SMILES string of the molecule is Cc1cc(P(=O)(O)O)cc(OP(=O)(O)O)c1C(C)(C)CC(=O)N(c1nn(CC(F)(F)F)c2c(-c3ccc(C#CC(C)(C)S(C)(=O)=O)nc3[C@H](Cc3cc(F)cc(F)c3)NC(=O)Cn3nc(C(F)(F)F)c4c3C(F)(F)[C@@H]3C[C@H]43)ccc(Cl)c12)S(C)(=O)=O. The Labute approximate surface area is 487 Å². The summed E-state index contributed by atoms with van der Waals surface area (Å²) in [7, 11) is -19.8. The number of pyridine rings is 1. The number of aromatic nitrogens is 5. The normalized spacial score (nSPS) is 16.7. The summed E-state index contributed by atoms with van der Waals surface area (Å²) < 4.78 is 230. The number of anilines is 1. The van der Waals surface area contributed by atoms with Crippen LogP contribution in [0.1, 0.15) is 97.5 Å². The van der Waals surface area contributed by atoms with Crippen LogP contribution in [0.25, 0.3) is 22.0 Å². The molecule has 8 rings (SSSR count). The first-order valence-corrected chi connectivity index (χ1v) is 32.2.